The topological polar surface area (TPSA) is 158 Å². The zero-order valence-electron chi connectivity index (χ0n) is 13.1. The summed E-state index contributed by atoms with van der Waals surface area (Å²) in [7, 11) is 0. The molecular formula is C14H24N2O7. The van der Waals surface area contributed by atoms with Crippen molar-refractivity contribution >= 4 is 23.8 Å². The van der Waals surface area contributed by atoms with Crippen molar-refractivity contribution in [3.8, 4) is 0 Å². The molecule has 0 saturated heterocycles. The number of nitrogens with two attached hydrogens (primary N) is 1. The van der Waals surface area contributed by atoms with Crippen LogP contribution in [0.1, 0.15) is 45.4 Å². The molecule has 0 aromatic carbocycles. The summed E-state index contributed by atoms with van der Waals surface area (Å²) in [5.74, 6) is -4.20. The van der Waals surface area contributed by atoms with Gasteiger partial charge in [-0.3, -0.25) is 14.4 Å². The van der Waals surface area contributed by atoms with Crippen LogP contribution in [0.5, 0.6) is 0 Å². The van der Waals surface area contributed by atoms with Crippen LogP contribution in [0.15, 0.2) is 0 Å². The Kier molecular flexibility index (Phi) is 9.56. The van der Waals surface area contributed by atoms with E-state index in [1.165, 1.54) is 0 Å². The molecule has 0 aliphatic heterocycles. The molecule has 5 N–H and O–H groups in total. The second kappa shape index (κ2) is 10.5. The van der Waals surface area contributed by atoms with Crippen LogP contribution >= 0.6 is 0 Å². The van der Waals surface area contributed by atoms with Crippen LogP contribution in [0.4, 0.5) is 0 Å². The van der Waals surface area contributed by atoms with E-state index in [1.807, 2.05) is 6.92 Å². The highest BCUT2D eigenvalue weighted by Crippen LogP contribution is 2.13. The molecule has 0 aromatic rings. The van der Waals surface area contributed by atoms with Gasteiger partial charge in [-0.1, -0.05) is 13.3 Å². The summed E-state index contributed by atoms with van der Waals surface area (Å²) in [5, 5.41) is 26.7. The number of carbonyl (C=O) groups excluding carboxylic acids is 1. The molecule has 0 unspecified atom stereocenters. The van der Waals surface area contributed by atoms with Gasteiger partial charge in [0, 0.05) is 19.4 Å². The Morgan fingerprint density at radius 1 is 1.00 bits per heavy atom. The Labute approximate surface area is 134 Å². The first kappa shape index (κ1) is 20.8. The fourth-order valence-corrected chi connectivity index (χ4v) is 2.00. The second-order valence-electron chi connectivity index (χ2n) is 5.21. The molecule has 0 aromatic heterocycles. The Balaban J connectivity index is 4.97. The number of nitrogens with zero attached hydrogens (tertiary/aromatic N) is 1. The van der Waals surface area contributed by atoms with Crippen molar-refractivity contribution in [1.82, 2.24) is 4.90 Å². The zero-order valence-corrected chi connectivity index (χ0v) is 13.1. The summed E-state index contributed by atoms with van der Waals surface area (Å²) >= 11 is 0. The van der Waals surface area contributed by atoms with Gasteiger partial charge in [0.25, 0.3) is 0 Å². The van der Waals surface area contributed by atoms with Gasteiger partial charge in [0.2, 0.25) is 5.91 Å². The minimum atomic E-state index is -1.28. The van der Waals surface area contributed by atoms with E-state index in [-0.39, 0.29) is 32.2 Å². The van der Waals surface area contributed by atoms with Crippen molar-refractivity contribution in [2.45, 2.75) is 57.5 Å². The molecule has 9 heteroatoms. The molecule has 0 radical (unpaired) electrons. The van der Waals surface area contributed by atoms with Crippen molar-refractivity contribution in [1.29, 1.82) is 0 Å². The van der Waals surface area contributed by atoms with E-state index >= 15 is 0 Å². The van der Waals surface area contributed by atoms with E-state index in [1.54, 1.807) is 0 Å². The van der Waals surface area contributed by atoms with E-state index in [2.05, 4.69) is 0 Å². The van der Waals surface area contributed by atoms with Gasteiger partial charge in [-0.05, 0) is 19.3 Å². The maximum absolute atomic E-state index is 12.2. The lowest BCUT2D eigenvalue weighted by Gasteiger charge is -2.29. The number of rotatable bonds is 12. The van der Waals surface area contributed by atoms with E-state index in [4.69, 9.17) is 15.9 Å². The summed E-state index contributed by atoms with van der Waals surface area (Å²) in [6.07, 6.45) is 0.403. The van der Waals surface area contributed by atoms with Crippen molar-refractivity contribution in [2.24, 2.45) is 5.73 Å². The molecule has 0 saturated carbocycles. The van der Waals surface area contributed by atoms with Crippen molar-refractivity contribution in [3.63, 3.8) is 0 Å². The predicted octanol–water partition coefficient (Wildman–Crippen LogP) is 0.125. The van der Waals surface area contributed by atoms with Crippen LogP contribution in [0.2, 0.25) is 0 Å². The van der Waals surface area contributed by atoms with Crippen molar-refractivity contribution < 1.29 is 34.5 Å². The van der Waals surface area contributed by atoms with E-state index < -0.39 is 35.9 Å². The van der Waals surface area contributed by atoms with Gasteiger partial charge in [-0.15, -0.1) is 0 Å². The van der Waals surface area contributed by atoms with Crippen LogP contribution in [0, 0.1) is 0 Å². The first-order valence-electron chi connectivity index (χ1n) is 7.43. The van der Waals surface area contributed by atoms with Gasteiger partial charge < -0.3 is 26.0 Å². The Morgan fingerprint density at radius 2 is 1.61 bits per heavy atom. The molecule has 2 atom stereocenters. The molecule has 0 bridgehead atoms. The molecule has 0 aliphatic carbocycles. The number of carbonyl (C=O) groups is 4. The summed E-state index contributed by atoms with van der Waals surface area (Å²) in [4.78, 5) is 46.0. The van der Waals surface area contributed by atoms with Crippen LogP contribution < -0.4 is 5.73 Å². The molecule has 0 spiro atoms. The van der Waals surface area contributed by atoms with Crippen molar-refractivity contribution in [3.05, 3.63) is 0 Å². The average Bonchev–Trinajstić information content (AvgIpc) is 2.46. The normalized spacial score (nSPS) is 13.1. The van der Waals surface area contributed by atoms with E-state index in [0.717, 1.165) is 11.3 Å². The third-order valence-electron chi connectivity index (χ3n) is 3.35. The van der Waals surface area contributed by atoms with Crippen molar-refractivity contribution in [2.75, 3.05) is 6.54 Å². The number of unbranched alkanes of at least 4 members (excludes halogenated alkanes) is 1. The summed E-state index contributed by atoms with van der Waals surface area (Å²) in [5.41, 5.74) is 5.34. The van der Waals surface area contributed by atoms with Gasteiger partial charge in [0.15, 0.2) is 0 Å². The Morgan fingerprint density at radius 3 is 2.04 bits per heavy atom. The fraction of sp³-hybridized carbons (Fsp3) is 0.714. The van der Waals surface area contributed by atoms with Gasteiger partial charge in [-0.25, -0.2) is 4.79 Å². The number of hydrogen-bond donors (Lipinski definition) is 4. The van der Waals surface area contributed by atoms with E-state index in [0.29, 0.717) is 6.42 Å². The lowest BCUT2D eigenvalue weighted by molar-refractivity contribution is -0.152. The smallest absolute Gasteiger partial charge is 0.326 e. The highest BCUT2D eigenvalue weighted by atomic mass is 16.4. The lowest BCUT2D eigenvalue weighted by atomic mass is 10.1. The average molecular weight is 332 g/mol. The minimum absolute atomic E-state index is 0.109. The predicted molar refractivity (Wildman–Crippen MR) is 79.8 cm³/mol. The van der Waals surface area contributed by atoms with E-state index in [9.17, 15) is 24.3 Å². The van der Waals surface area contributed by atoms with Crippen LogP contribution in [-0.4, -0.2) is 62.7 Å². The molecule has 132 valence electrons. The largest absolute Gasteiger partial charge is 0.481 e. The van der Waals surface area contributed by atoms with Gasteiger partial charge in [0.1, 0.15) is 12.1 Å². The first-order chi connectivity index (χ1) is 10.7. The quantitative estimate of drug-likeness (QED) is 0.392. The summed E-state index contributed by atoms with van der Waals surface area (Å²) in [6, 6.07) is -2.44. The minimum Gasteiger partial charge on any atom is -0.481 e. The molecule has 0 aliphatic rings. The van der Waals surface area contributed by atoms with Gasteiger partial charge >= 0.3 is 17.9 Å². The first-order valence-corrected chi connectivity index (χ1v) is 7.43. The van der Waals surface area contributed by atoms with Crippen LogP contribution in [0.25, 0.3) is 0 Å². The molecular weight excluding hydrogens is 308 g/mol. The maximum atomic E-state index is 12.2. The third-order valence-corrected chi connectivity index (χ3v) is 3.35. The van der Waals surface area contributed by atoms with Gasteiger partial charge in [0.05, 0.1) is 0 Å². The SMILES string of the molecule is CCCCN(C(=O)CC[C@H](N)C(=O)O)[C@H](CCC(=O)O)C(=O)O. The number of carboxylic acids is 3. The molecule has 0 fully saturated rings. The highest BCUT2D eigenvalue weighted by molar-refractivity contribution is 5.84. The van der Waals surface area contributed by atoms with Crippen LogP contribution in [0.3, 0.4) is 0 Å². The number of carboxylic acid groups (broad SMARTS) is 3. The summed E-state index contributed by atoms with van der Waals surface area (Å²) in [6.45, 7) is 2.05. The fourth-order valence-electron chi connectivity index (χ4n) is 2.00. The monoisotopic (exact) mass is 332 g/mol. The molecule has 9 nitrogen and oxygen atoms in total. The third kappa shape index (κ3) is 8.15. The zero-order chi connectivity index (χ0) is 18.0. The number of aliphatic carboxylic acids is 3. The number of amides is 1. The Bertz CT molecular complexity index is 439. The molecule has 1 amide bonds. The molecule has 0 rings (SSSR count). The summed E-state index contributed by atoms with van der Waals surface area (Å²) < 4.78 is 0. The number of hydrogen-bond acceptors (Lipinski definition) is 5. The molecule has 0 heterocycles. The second-order valence-corrected chi connectivity index (χ2v) is 5.21. The van der Waals surface area contributed by atoms with Crippen LogP contribution in [-0.2, 0) is 19.2 Å². The standard InChI is InChI=1S/C14H24N2O7/c1-2-3-8-16(10(14(22)23)5-7-12(18)19)11(17)6-4-9(15)13(20)21/h9-10H,2-8,15H2,1H3,(H,18,19)(H,20,21)(H,22,23)/t9-,10+/m0/s1. The van der Waals surface area contributed by atoms with Gasteiger partial charge in [-0.2, -0.15) is 0 Å². The molecule has 23 heavy (non-hydrogen) atoms. The highest BCUT2D eigenvalue weighted by Gasteiger charge is 2.30. The maximum Gasteiger partial charge on any atom is 0.326 e. The lowest BCUT2D eigenvalue weighted by Crippen LogP contribution is -2.46. The Hall–Kier alpha value is -2.16.